The largest absolute Gasteiger partial charge is 0.497 e. The summed E-state index contributed by atoms with van der Waals surface area (Å²) in [6, 6.07) is 8.94. The Morgan fingerprint density at radius 1 is 1.24 bits per heavy atom. The number of rotatable bonds is 3. The number of anilines is 1. The van der Waals surface area contributed by atoms with Crippen LogP contribution in [0.25, 0.3) is 5.65 Å². The zero-order chi connectivity index (χ0) is 14.8. The number of nitrogens with zero attached hydrogens (tertiary/aromatic N) is 3. The Bertz CT molecular complexity index is 793. The highest BCUT2D eigenvalue weighted by Gasteiger charge is 2.13. The summed E-state index contributed by atoms with van der Waals surface area (Å²) in [6.45, 7) is 1.84. The number of carbonyl (C=O) groups is 1. The first kappa shape index (κ1) is 13.1. The quantitative estimate of drug-likeness (QED) is 0.800. The number of nitrogens with one attached hydrogen (secondary N) is 1. The lowest BCUT2D eigenvalue weighted by atomic mass is 10.2. The first-order chi connectivity index (χ1) is 10.2. The fourth-order valence-electron chi connectivity index (χ4n) is 2.09. The van der Waals surface area contributed by atoms with Crippen LogP contribution < -0.4 is 10.1 Å². The second-order valence-corrected chi connectivity index (χ2v) is 4.54. The maximum Gasteiger partial charge on any atom is 0.259 e. The number of amides is 1. The molecule has 0 atom stereocenters. The monoisotopic (exact) mass is 282 g/mol. The van der Waals surface area contributed by atoms with Crippen molar-refractivity contribution in [3.8, 4) is 5.75 Å². The van der Waals surface area contributed by atoms with Gasteiger partial charge in [0.05, 0.1) is 24.6 Å². The number of carbonyl (C=O) groups excluding carboxylic acids is 1. The van der Waals surface area contributed by atoms with E-state index in [9.17, 15) is 4.79 Å². The summed E-state index contributed by atoms with van der Waals surface area (Å²) in [7, 11) is 1.60. The second-order valence-electron chi connectivity index (χ2n) is 4.54. The predicted molar refractivity (Wildman–Crippen MR) is 78.7 cm³/mol. The third kappa shape index (κ3) is 2.43. The van der Waals surface area contributed by atoms with E-state index in [0.717, 1.165) is 11.4 Å². The van der Waals surface area contributed by atoms with Crippen molar-refractivity contribution in [2.24, 2.45) is 0 Å². The lowest BCUT2D eigenvalue weighted by Crippen LogP contribution is -2.16. The number of aromatic nitrogens is 3. The maximum absolute atomic E-state index is 12.3. The molecular weight excluding hydrogens is 268 g/mol. The van der Waals surface area contributed by atoms with Crippen molar-refractivity contribution >= 4 is 17.2 Å². The molecule has 0 saturated carbocycles. The van der Waals surface area contributed by atoms with Crippen LogP contribution in [0.1, 0.15) is 16.1 Å². The topological polar surface area (TPSA) is 68.5 Å². The summed E-state index contributed by atoms with van der Waals surface area (Å²) in [5, 5.41) is 6.98. The SMILES string of the molecule is COc1ccc(NC(=O)c2cnc3ccnn3c2C)cc1. The Labute approximate surface area is 121 Å². The Hall–Kier alpha value is -2.89. The standard InChI is InChI=1S/C15H14N4O2/c1-10-13(9-16-14-7-8-17-19(10)14)15(20)18-11-3-5-12(21-2)6-4-11/h3-9H,1-2H3,(H,18,20). The van der Waals surface area contributed by atoms with Gasteiger partial charge in [-0.3, -0.25) is 4.79 Å². The molecule has 0 aliphatic heterocycles. The molecule has 6 nitrogen and oxygen atoms in total. The van der Waals surface area contributed by atoms with Gasteiger partial charge >= 0.3 is 0 Å². The van der Waals surface area contributed by atoms with Gasteiger partial charge < -0.3 is 10.1 Å². The molecule has 0 spiro atoms. The Morgan fingerprint density at radius 2 is 2.00 bits per heavy atom. The molecule has 0 radical (unpaired) electrons. The Morgan fingerprint density at radius 3 is 2.71 bits per heavy atom. The number of hydrogen-bond donors (Lipinski definition) is 1. The molecule has 0 bridgehead atoms. The van der Waals surface area contributed by atoms with Crippen LogP contribution in [0.3, 0.4) is 0 Å². The van der Waals surface area contributed by atoms with Gasteiger partial charge in [0.25, 0.3) is 5.91 Å². The van der Waals surface area contributed by atoms with Crippen LogP contribution >= 0.6 is 0 Å². The van der Waals surface area contributed by atoms with E-state index in [-0.39, 0.29) is 5.91 Å². The third-order valence-corrected chi connectivity index (χ3v) is 3.25. The van der Waals surface area contributed by atoms with Crippen LogP contribution in [0.15, 0.2) is 42.7 Å². The predicted octanol–water partition coefficient (Wildman–Crippen LogP) is 2.30. The average Bonchev–Trinajstić information content (AvgIpc) is 2.98. The summed E-state index contributed by atoms with van der Waals surface area (Å²) >= 11 is 0. The maximum atomic E-state index is 12.3. The second kappa shape index (κ2) is 5.24. The van der Waals surface area contributed by atoms with Crippen molar-refractivity contribution in [3.63, 3.8) is 0 Å². The van der Waals surface area contributed by atoms with Gasteiger partial charge in [0, 0.05) is 18.0 Å². The van der Waals surface area contributed by atoms with Gasteiger partial charge in [-0.25, -0.2) is 9.50 Å². The molecule has 0 aliphatic rings. The van der Waals surface area contributed by atoms with Crippen LogP contribution in [0.2, 0.25) is 0 Å². The van der Waals surface area contributed by atoms with Crippen molar-refractivity contribution in [2.45, 2.75) is 6.92 Å². The molecule has 3 aromatic rings. The average molecular weight is 282 g/mol. The van der Waals surface area contributed by atoms with E-state index in [4.69, 9.17) is 4.74 Å². The number of methoxy groups -OCH3 is 1. The van der Waals surface area contributed by atoms with Gasteiger partial charge in [-0.15, -0.1) is 0 Å². The van der Waals surface area contributed by atoms with Crippen LogP contribution in [0, 0.1) is 6.92 Å². The molecule has 1 amide bonds. The normalized spacial score (nSPS) is 10.6. The molecule has 106 valence electrons. The lowest BCUT2D eigenvalue weighted by Gasteiger charge is -2.09. The molecule has 0 unspecified atom stereocenters. The molecular formula is C15H14N4O2. The van der Waals surface area contributed by atoms with E-state index in [0.29, 0.717) is 16.9 Å². The fourth-order valence-corrected chi connectivity index (χ4v) is 2.09. The zero-order valence-corrected chi connectivity index (χ0v) is 11.7. The minimum Gasteiger partial charge on any atom is -0.497 e. The highest BCUT2D eigenvalue weighted by molar-refractivity contribution is 6.04. The van der Waals surface area contributed by atoms with Gasteiger partial charge in [-0.2, -0.15) is 5.10 Å². The molecule has 0 aliphatic carbocycles. The molecule has 1 aromatic carbocycles. The van der Waals surface area contributed by atoms with Crippen LogP contribution in [-0.4, -0.2) is 27.6 Å². The fraction of sp³-hybridized carbons (Fsp3) is 0.133. The van der Waals surface area contributed by atoms with Crippen molar-refractivity contribution in [1.82, 2.24) is 14.6 Å². The molecule has 2 aromatic heterocycles. The Kier molecular flexibility index (Phi) is 3.27. The van der Waals surface area contributed by atoms with Gasteiger partial charge in [0.15, 0.2) is 5.65 Å². The van der Waals surface area contributed by atoms with E-state index in [2.05, 4.69) is 15.4 Å². The summed E-state index contributed by atoms with van der Waals surface area (Å²) in [4.78, 5) is 16.5. The van der Waals surface area contributed by atoms with E-state index in [1.165, 1.54) is 0 Å². The van der Waals surface area contributed by atoms with Gasteiger partial charge in [0.1, 0.15) is 5.75 Å². The van der Waals surface area contributed by atoms with Crippen molar-refractivity contribution in [2.75, 3.05) is 12.4 Å². The van der Waals surface area contributed by atoms with Crippen LogP contribution in [0.5, 0.6) is 5.75 Å². The van der Waals surface area contributed by atoms with Crippen LogP contribution in [-0.2, 0) is 0 Å². The third-order valence-electron chi connectivity index (χ3n) is 3.25. The number of aryl methyl sites for hydroxylation is 1. The summed E-state index contributed by atoms with van der Waals surface area (Å²) in [5.74, 6) is 0.520. The van der Waals surface area contributed by atoms with E-state index < -0.39 is 0 Å². The highest BCUT2D eigenvalue weighted by atomic mass is 16.5. The number of fused-ring (bicyclic) bond motifs is 1. The highest BCUT2D eigenvalue weighted by Crippen LogP contribution is 2.17. The number of ether oxygens (including phenoxy) is 1. The number of benzene rings is 1. The van der Waals surface area contributed by atoms with E-state index in [1.807, 2.05) is 6.92 Å². The summed E-state index contributed by atoms with van der Waals surface area (Å²) in [5.41, 5.74) is 2.65. The van der Waals surface area contributed by atoms with Gasteiger partial charge in [0.2, 0.25) is 0 Å². The number of hydrogen-bond acceptors (Lipinski definition) is 4. The minimum atomic E-state index is -0.220. The summed E-state index contributed by atoms with van der Waals surface area (Å²) in [6.07, 6.45) is 3.21. The van der Waals surface area contributed by atoms with E-state index >= 15 is 0 Å². The molecule has 2 heterocycles. The Balaban J connectivity index is 1.87. The molecule has 3 rings (SSSR count). The minimum absolute atomic E-state index is 0.220. The molecule has 0 fully saturated rings. The first-order valence-electron chi connectivity index (χ1n) is 6.44. The van der Waals surface area contributed by atoms with Crippen LogP contribution in [0.4, 0.5) is 5.69 Å². The van der Waals surface area contributed by atoms with Crippen molar-refractivity contribution in [3.05, 3.63) is 54.0 Å². The van der Waals surface area contributed by atoms with Crippen molar-refractivity contribution in [1.29, 1.82) is 0 Å². The molecule has 0 saturated heterocycles. The molecule has 6 heteroatoms. The van der Waals surface area contributed by atoms with Gasteiger partial charge in [-0.05, 0) is 31.2 Å². The molecule has 21 heavy (non-hydrogen) atoms. The summed E-state index contributed by atoms with van der Waals surface area (Å²) < 4.78 is 6.72. The van der Waals surface area contributed by atoms with Crippen molar-refractivity contribution < 1.29 is 9.53 Å². The zero-order valence-electron chi connectivity index (χ0n) is 11.7. The lowest BCUT2D eigenvalue weighted by molar-refractivity contribution is 0.102. The smallest absolute Gasteiger partial charge is 0.259 e. The molecule has 1 N–H and O–H groups in total. The van der Waals surface area contributed by atoms with E-state index in [1.54, 1.807) is 54.4 Å². The first-order valence-corrected chi connectivity index (χ1v) is 6.44. The van der Waals surface area contributed by atoms with Gasteiger partial charge in [-0.1, -0.05) is 0 Å².